The van der Waals surface area contributed by atoms with Crippen molar-refractivity contribution >= 4 is 0 Å². The highest BCUT2D eigenvalue weighted by atomic mass is 16.5. The SMILES string of the molecule is CCNC(CCCC1CCCO1)C1(C)CCCO1. The van der Waals surface area contributed by atoms with Gasteiger partial charge >= 0.3 is 0 Å². The van der Waals surface area contributed by atoms with Crippen LogP contribution in [0.1, 0.15) is 58.8 Å². The predicted octanol–water partition coefficient (Wildman–Crippen LogP) is 2.88. The number of hydrogen-bond donors (Lipinski definition) is 1. The molecule has 2 aliphatic heterocycles. The maximum atomic E-state index is 5.98. The van der Waals surface area contributed by atoms with Gasteiger partial charge in [-0.3, -0.25) is 0 Å². The van der Waals surface area contributed by atoms with E-state index in [-0.39, 0.29) is 5.60 Å². The third-order valence-corrected chi connectivity index (χ3v) is 4.48. The summed E-state index contributed by atoms with van der Waals surface area (Å²) in [5, 5.41) is 3.62. The molecule has 0 bridgehead atoms. The van der Waals surface area contributed by atoms with Gasteiger partial charge < -0.3 is 14.8 Å². The third kappa shape index (κ3) is 3.69. The van der Waals surface area contributed by atoms with E-state index in [1.165, 1.54) is 44.9 Å². The molecule has 3 heteroatoms. The molecular weight excluding hydrogens is 226 g/mol. The highest BCUT2D eigenvalue weighted by molar-refractivity contribution is 4.92. The number of nitrogens with one attached hydrogen (secondary N) is 1. The van der Waals surface area contributed by atoms with Gasteiger partial charge in [0.1, 0.15) is 0 Å². The van der Waals surface area contributed by atoms with Crippen LogP contribution in [0.25, 0.3) is 0 Å². The van der Waals surface area contributed by atoms with Crippen LogP contribution in [0.15, 0.2) is 0 Å². The van der Waals surface area contributed by atoms with Gasteiger partial charge in [0.15, 0.2) is 0 Å². The second-order valence-corrected chi connectivity index (χ2v) is 5.94. The molecule has 2 heterocycles. The largest absolute Gasteiger partial charge is 0.378 e. The molecule has 0 saturated carbocycles. The van der Waals surface area contributed by atoms with Crippen LogP contribution >= 0.6 is 0 Å². The molecule has 3 atom stereocenters. The first-order valence-corrected chi connectivity index (χ1v) is 7.73. The second-order valence-electron chi connectivity index (χ2n) is 5.94. The van der Waals surface area contributed by atoms with Crippen molar-refractivity contribution in [1.82, 2.24) is 5.32 Å². The van der Waals surface area contributed by atoms with Crippen LogP contribution in [-0.4, -0.2) is 37.5 Å². The van der Waals surface area contributed by atoms with Crippen molar-refractivity contribution in [2.24, 2.45) is 0 Å². The predicted molar refractivity (Wildman–Crippen MR) is 73.9 cm³/mol. The Kier molecular flexibility index (Phi) is 5.46. The summed E-state index contributed by atoms with van der Waals surface area (Å²) in [5.74, 6) is 0. The molecular formula is C15H29NO2. The number of ether oxygens (including phenoxy) is 2. The fraction of sp³-hybridized carbons (Fsp3) is 1.00. The molecule has 3 unspecified atom stereocenters. The average Bonchev–Trinajstić information content (AvgIpc) is 3.00. The summed E-state index contributed by atoms with van der Waals surface area (Å²) in [7, 11) is 0. The van der Waals surface area contributed by atoms with E-state index in [2.05, 4.69) is 19.2 Å². The lowest BCUT2D eigenvalue weighted by molar-refractivity contribution is -0.0150. The van der Waals surface area contributed by atoms with Crippen molar-refractivity contribution in [2.45, 2.75) is 76.5 Å². The Balaban J connectivity index is 1.74. The van der Waals surface area contributed by atoms with Crippen molar-refractivity contribution in [3.63, 3.8) is 0 Å². The molecule has 2 aliphatic rings. The summed E-state index contributed by atoms with van der Waals surface area (Å²) >= 11 is 0. The molecule has 2 saturated heterocycles. The Morgan fingerprint density at radius 1 is 1.33 bits per heavy atom. The van der Waals surface area contributed by atoms with Gasteiger partial charge in [0, 0.05) is 19.3 Å². The van der Waals surface area contributed by atoms with E-state index in [0.717, 1.165) is 19.8 Å². The van der Waals surface area contributed by atoms with Crippen LogP contribution in [0.5, 0.6) is 0 Å². The minimum Gasteiger partial charge on any atom is -0.378 e. The molecule has 0 spiro atoms. The summed E-state index contributed by atoms with van der Waals surface area (Å²) in [6.45, 7) is 7.40. The van der Waals surface area contributed by atoms with Crippen LogP contribution in [0.4, 0.5) is 0 Å². The van der Waals surface area contributed by atoms with E-state index in [4.69, 9.17) is 9.47 Å². The summed E-state index contributed by atoms with van der Waals surface area (Å²) in [4.78, 5) is 0. The zero-order chi connectivity index (χ0) is 12.8. The highest BCUT2D eigenvalue weighted by Crippen LogP contribution is 2.31. The maximum absolute atomic E-state index is 5.98. The summed E-state index contributed by atoms with van der Waals surface area (Å²) in [5.41, 5.74) is 0.0620. The maximum Gasteiger partial charge on any atom is 0.0807 e. The lowest BCUT2D eigenvalue weighted by atomic mass is 9.88. The third-order valence-electron chi connectivity index (χ3n) is 4.48. The molecule has 0 aromatic carbocycles. The van der Waals surface area contributed by atoms with Crippen LogP contribution < -0.4 is 5.32 Å². The quantitative estimate of drug-likeness (QED) is 0.759. The molecule has 0 radical (unpaired) electrons. The molecule has 0 aromatic rings. The van der Waals surface area contributed by atoms with E-state index in [0.29, 0.717) is 12.1 Å². The lowest BCUT2D eigenvalue weighted by Gasteiger charge is -2.34. The average molecular weight is 255 g/mol. The summed E-state index contributed by atoms with van der Waals surface area (Å²) in [6.07, 6.45) is 9.14. The molecule has 0 aromatic heterocycles. The summed E-state index contributed by atoms with van der Waals surface area (Å²) in [6, 6.07) is 0.506. The molecule has 2 fully saturated rings. The van der Waals surface area contributed by atoms with E-state index < -0.39 is 0 Å². The number of likely N-dealkylation sites (N-methyl/N-ethyl adjacent to an activating group) is 1. The number of rotatable bonds is 7. The van der Waals surface area contributed by atoms with E-state index >= 15 is 0 Å². The Hall–Kier alpha value is -0.120. The molecule has 1 N–H and O–H groups in total. The van der Waals surface area contributed by atoms with E-state index in [1.54, 1.807) is 0 Å². The number of hydrogen-bond acceptors (Lipinski definition) is 3. The molecule has 0 aliphatic carbocycles. The van der Waals surface area contributed by atoms with Crippen molar-refractivity contribution < 1.29 is 9.47 Å². The first-order chi connectivity index (χ1) is 8.74. The van der Waals surface area contributed by atoms with Crippen LogP contribution in [0.2, 0.25) is 0 Å². The Morgan fingerprint density at radius 2 is 2.22 bits per heavy atom. The zero-order valence-corrected chi connectivity index (χ0v) is 12.0. The van der Waals surface area contributed by atoms with Crippen LogP contribution in [0, 0.1) is 0 Å². The fourth-order valence-electron chi connectivity index (χ4n) is 3.37. The summed E-state index contributed by atoms with van der Waals surface area (Å²) < 4.78 is 11.7. The standard InChI is InChI=1S/C15H29NO2/c1-3-16-14(15(2)10-6-12-18-15)9-4-7-13-8-5-11-17-13/h13-14,16H,3-12H2,1-2H3. The monoisotopic (exact) mass is 255 g/mol. The van der Waals surface area contributed by atoms with Gasteiger partial charge in [-0.15, -0.1) is 0 Å². The Labute approximate surface area is 112 Å². The van der Waals surface area contributed by atoms with E-state index in [1.807, 2.05) is 0 Å². The van der Waals surface area contributed by atoms with Gasteiger partial charge in [-0.1, -0.05) is 6.92 Å². The van der Waals surface area contributed by atoms with Crippen molar-refractivity contribution in [3.05, 3.63) is 0 Å². The topological polar surface area (TPSA) is 30.5 Å². The van der Waals surface area contributed by atoms with Gasteiger partial charge in [0.25, 0.3) is 0 Å². The van der Waals surface area contributed by atoms with Gasteiger partial charge in [0.05, 0.1) is 11.7 Å². The van der Waals surface area contributed by atoms with Crippen LogP contribution in [-0.2, 0) is 9.47 Å². The molecule has 3 nitrogen and oxygen atoms in total. The van der Waals surface area contributed by atoms with Gasteiger partial charge in [-0.25, -0.2) is 0 Å². The zero-order valence-electron chi connectivity index (χ0n) is 12.0. The Morgan fingerprint density at radius 3 is 2.83 bits per heavy atom. The molecule has 18 heavy (non-hydrogen) atoms. The van der Waals surface area contributed by atoms with Gasteiger partial charge in [0.2, 0.25) is 0 Å². The Bertz CT molecular complexity index is 233. The van der Waals surface area contributed by atoms with Crippen molar-refractivity contribution in [1.29, 1.82) is 0 Å². The first-order valence-electron chi connectivity index (χ1n) is 7.73. The smallest absolute Gasteiger partial charge is 0.0807 e. The minimum absolute atomic E-state index is 0.0620. The van der Waals surface area contributed by atoms with Crippen molar-refractivity contribution in [3.8, 4) is 0 Å². The fourth-order valence-corrected chi connectivity index (χ4v) is 3.37. The molecule has 2 rings (SSSR count). The van der Waals surface area contributed by atoms with Gasteiger partial charge in [-0.2, -0.15) is 0 Å². The molecule has 106 valence electrons. The normalized spacial score (nSPS) is 34.0. The van der Waals surface area contributed by atoms with Crippen LogP contribution in [0.3, 0.4) is 0 Å². The van der Waals surface area contributed by atoms with E-state index in [9.17, 15) is 0 Å². The first kappa shape index (κ1) is 14.3. The van der Waals surface area contributed by atoms with Gasteiger partial charge in [-0.05, 0) is 58.4 Å². The van der Waals surface area contributed by atoms with Crippen molar-refractivity contribution in [2.75, 3.05) is 19.8 Å². The molecule has 0 amide bonds. The highest BCUT2D eigenvalue weighted by Gasteiger charge is 2.37. The minimum atomic E-state index is 0.0620. The second kappa shape index (κ2) is 6.88. The lowest BCUT2D eigenvalue weighted by Crippen LogP contribution is -2.48.